The van der Waals surface area contributed by atoms with Gasteiger partial charge in [0, 0.05) is 5.69 Å². The summed E-state index contributed by atoms with van der Waals surface area (Å²) < 4.78 is 5.23. The van der Waals surface area contributed by atoms with E-state index in [0.717, 1.165) is 18.5 Å². The molecule has 0 aromatic heterocycles. The van der Waals surface area contributed by atoms with Crippen LogP contribution in [0, 0.1) is 0 Å². The Morgan fingerprint density at radius 3 is 2.04 bits per heavy atom. The van der Waals surface area contributed by atoms with Crippen LogP contribution in [-0.4, -0.2) is 19.1 Å². The lowest BCUT2D eigenvalue weighted by molar-refractivity contribution is -0.141. The Kier molecular flexibility index (Phi) is 12.0. The van der Waals surface area contributed by atoms with E-state index < -0.39 is 0 Å². The van der Waals surface area contributed by atoms with Gasteiger partial charge in [-0.2, -0.15) is 0 Å². The van der Waals surface area contributed by atoms with Crippen molar-refractivity contribution in [3.05, 3.63) is 30.3 Å². The Bertz CT molecular complexity index is 392. The van der Waals surface area contributed by atoms with Crippen molar-refractivity contribution in [3.63, 3.8) is 0 Å². The topological polar surface area (TPSA) is 38.3 Å². The second kappa shape index (κ2) is 14.1. The minimum atomic E-state index is -0.176. The summed E-state index contributed by atoms with van der Waals surface area (Å²) in [7, 11) is 0. The van der Waals surface area contributed by atoms with Gasteiger partial charge in [-0.3, -0.25) is 4.79 Å². The molecule has 1 aromatic rings. The molecular weight excluding hydrogens is 286 g/mol. The van der Waals surface area contributed by atoms with E-state index in [-0.39, 0.29) is 12.5 Å². The smallest absolute Gasteiger partial charge is 0.325 e. The molecule has 130 valence electrons. The maximum absolute atomic E-state index is 11.6. The van der Waals surface area contributed by atoms with Crippen LogP contribution in [0.25, 0.3) is 0 Å². The van der Waals surface area contributed by atoms with Crippen LogP contribution in [0.5, 0.6) is 0 Å². The first-order valence-corrected chi connectivity index (χ1v) is 9.27. The first-order chi connectivity index (χ1) is 11.3. The number of hydrogen-bond acceptors (Lipinski definition) is 3. The number of esters is 1. The molecule has 0 saturated carbocycles. The third-order valence-corrected chi connectivity index (χ3v) is 3.97. The van der Waals surface area contributed by atoms with E-state index in [1.54, 1.807) is 0 Å². The highest BCUT2D eigenvalue weighted by atomic mass is 16.5. The van der Waals surface area contributed by atoms with Crippen LogP contribution in [0.1, 0.15) is 71.1 Å². The summed E-state index contributed by atoms with van der Waals surface area (Å²) in [6.07, 6.45) is 12.9. The Balaban J connectivity index is 1.84. The molecule has 3 heteroatoms. The predicted molar refractivity (Wildman–Crippen MR) is 97.7 cm³/mol. The van der Waals surface area contributed by atoms with Crippen molar-refractivity contribution in [1.82, 2.24) is 0 Å². The fourth-order valence-electron chi connectivity index (χ4n) is 2.56. The molecule has 0 unspecified atom stereocenters. The Labute approximate surface area is 141 Å². The largest absolute Gasteiger partial charge is 0.464 e. The van der Waals surface area contributed by atoms with Gasteiger partial charge in [0.2, 0.25) is 0 Å². The molecule has 0 radical (unpaired) electrons. The number of carbonyl (C=O) groups is 1. The summed E-state index contributed by atoms with van der Waals surface area (Å²) in [6, 6.07) is 9.72. The molecule has 1 rings (SSSR count). The molecule has 0 aliphatic carbocycles. The number of benzene rings is 1. The first-order valence-electron chi connectivity index (χ1n) is 9.27. The van der Waals surface area contributed by atoms with Gasteiger partial charge in [-0.15, -0.1) is 0 Å². The van der Waals surface area contributed by atoms with Gasteiger partial charge in [0.25, 0.3) is 0 Å². The zero-order valence-corrected chi connectivity index (χ0v) is 14.7. The molecule has 1 N–H and O–H groups in total. The normalized spacial score (nSPS) is 10.5. The van der Waals surface area contributed by atoms with Crippen molar-refractivity contribution < 1.29 is 9.53 Å². The highest BCUT2D eigenvalue weighted by Gasteiger charge is 2.02. The van der Waals surface area contributed by atoms with Crippen LogP contribution in [0.2, 0.25) is 0 Å². The minimum Gasteiger partial charge on any atom is -0.464 e. The van der Waals surface area contributed by atoms with Crippen LogP contribution < -0.4 is 5.32 Å². The summed E-state index contributed by atoms with van der Waals surface area (Å²) >= 11 is 0. The number of rotatable bonds is 14. The quantitative estimate of drug-likeness (QED) is 0.360. The minimum absolute atomic E-state index is 0.176. The number of anilines is 1. The van der Waals surface area contributed by atoms with Crippen molar-refractivity contribution in [2.75, 3.05) is 18.5 Å². The maximum Gasteiger partial charge on any atom is 0.325 e. The fraction of sp³-hybridized carbons (Fsp3) is 0.650. The van der Waals surface area contributed by atoms with E-state index in [1.165, 1.54) is 51.4 Å². The SMILES string of the molecule is CCCCCCCCCCCCOC(=O)CNc1ccccc1. The number of carbonyl (C=O) groups excluding carboxylic acids is 1. The number of para-hydroxylation sites is 1. The predicted octanol–water partition coefficient (Wildman–Crippen LogP) is 5.56. The van der Waals surface area contributed by atoms with E-state index in [4.69, 9.17) is 4.74 Å². The van der Waals surface area contributed by atoms with Crippen LogP contribution in [0.15, 0.2) is 30.3 Å². The van der Waals surface area contributed by atoms with Crippen molar-refractivity contribution in [2.45, 2.75) is 71.1 Å². The zero-order chi connectivity index (χ0) is 16.6. The van der Waals surface area contributed by atoms with Crippen LogP contribution in [-0.2, 0) is 9.53 Å². The van der Waals surface area contributed by atoms with E-state index in [1.807, 2.05) is 30.3 Å². The maximum atomic E-state index is 11.6. The van der Waals surface area contributed by atoms with Crippen LogP contribution in [0.4, 0.5) is 5.69 Å². The average molecular weight is 319 g/mol. The monoisotopic (exact) mass is 319 g/mol. The summed E-state index contributed by atoms with van der Waals surface area (Å²) in [5.74, 6) is -0.176. The van der Waals surface area contributed by atoms with Gasteiger partial charge < -0.3 is 10.1 Å². The molecule has 1 aromatic carbocycles. The van der Waals surface area contributed by atoms with Crippen molar-refractivity contribution in [1.29, 1.82) is 0 Å². The second-order valence-corrected chi connectivity index (χ2v) is 6.12. The number of ether oxygens (including phenoxy) is 1. The molecule has 0 saturated heterocycles. The first kappa shape index (κ1) is 19.5. The fourth-order valence-corrected chi connectivity index (χ4v) is 2.56. The van der Waals surface area contributed by atoms with Gasteiger partial charge in [-0.1, -0.05) is 82.9 Å². The Morgan fingerprint density at radius 2 is 1.43 bits per heavy atom. The molecule has 0 atom stereocenters. The molecule has 0 bridgehead atoms. The molecule has 3 nitrogen and oxygen atoms in total. The van der Waals surface area contributed by atoms with Crippen molar-refractivity contribution >= 4 is 11.7 Å². The van der Waals surface area contributed by atoms with E-state index in [9.17, 15) is 4.79 Å². The van der Waals surface area contributed by atoms with E-state index in [0.29, 0.717) is 6.61 Å². The van der Waals surface area contributed by atoms with Crippen LogP contribution in [0.3, 0.4) is 0 Å². The summed E-state index contributed by atoms with van der Waals surface area (Å²) in [5.41, 5.74) is 0.948. The third kappa shape index (κ3) is 11.7. The number of hydrogen-bond donors (Lipinski definition) is 1. The van der Waals surface area contributed by atoms with Crippen molar-refractivity contribution in [2.24, 2.45) is 0 Å². The molecule has 0 aliphatic heterocycles. The van der Waals surface area contributed by atoms with Gasteiger partial charge in [-0.25, -0.2) is 0 Å². The van der Waals surface area contributed by atoms with Crippen LogP contribution >= 0.6 is 0 Å². The number of unbranched alkanes of at least 4 members (excludes halogenated alkanes) is 9. The Hall–Kier alpha value is -1.51. The lowest BCUT2D eigenvalue weighted by atomic mass is 10.1. The van der Waals surface area contributed by atoms with Gasteiger partial charge in [0.1, 0.15) is 6.54 Å². The molecule has 0 aliphatic rings. The molecule has 23 heavy (non-hydrogen) atoms. The lowest BCUT2D eigenvalue weighted by Gasteiger charge is -2.07. The summed E-state index contributed by atoms with van der Waals surface area (Å²) in [5, 5.41) is 3.06. The van der Waals surface area contributed by atoms with E-state index >= 15 is 0 Å². The third-order valence-electron chi connectivity index (χ3n) is 3.97. The highest BCUT2D eigenvalue weighted by Crippen LogP contribution is 2.10. The summed E-state index contributed by atoms with van der Waals surface area (Å²) in [4.78, 5) is 11.6. The van der Waals surface area contributed by atoms with E-state index in [2.05, 4.69) is 12.2 Å². The lowest BCUT2D eigenvalue weighted by Crippen LogP contribution is -2.17. The Morgan fingerprint density at radius 1 is 0.870 bits per heavy atom. The van der Waals surface area contributed by atoms with Gasteiger partial charge in [0.05, 0.1) is 6.61 Å². The van der Waals surface area contributed by atoms with Gasteiger partial charge >= 0.3 is 5.97 Å². The highest BCUT2D eigenvalue weighted by molar-refractivity contribution is 5.74. The molecule has 0 amide bonds. The number of nitrogens with one attached hydrogen (secondary N) is 1. The standard InChI is InChI=1S/C20H33NO2/c1-2-3-4-5-6-7-8-9-10-14-17-23-20(22)18-21-19-15-12-11-13-16-19/h11-13,15-16,21H,2-10,14,17-18H2,1H3. The molecule has 0 heterocycles. The van der Waals surface area contributed by atoms with Gasteiger partial charge in [-0.05, 0) is 18.6 Å². The molecule has 0 fully saturated rings. The summed E-state index contributed by atoms with van der Waals surface area (Å²) in [6.45, 7) is 3.04. The zero-order valence-electron chi connectivity index (χ0n) is 14.7. The van der Waals surface area contributed by atoms with Crippen molar-refractivity contribution in [3.8, 4) is 0 Å². The van der Waals surface area contributed by atoms with Gasteiger partial charge in [0.15, 0.2) is 0 Å². The average Bonchev–Trinajstić information content (AvgIpc) is 2.59. The molecular formula is C20H33NO2. The molecule has 0 spiro atoms. The second-order valence-electron chi connectivity index (χ2n) is 6.12.